The number of nitrogens with one attached hydrogen (secondary N) is 1. The molecule has 1 heterocycles. The molecule has 1 atom stereocenters. The average molecular weight is 326 g/mol. The lowest BCUT2D eigenvalue weighted by atomic mass is 10.0. The topological polar surface area (TPSA) is 29.9 Å². The van der Waals surface area contributed by atoms with Gasteiger partial charge < -0.3 is 9.88 Å². The van der Waals surface area contributed by atoms with Crippen LogP contribution < -0.4 is 5.32 Å². The van der Waals surface area contributed by atoms with Crippen LogP contribution in [0.15, 0.2) is 35.2 Å². The lowest BCUT2D eigenvalue weighted by Crippen LogP contribution is -2.25. The summed E-state index contributed by atoms with van der Waals surface area (Å²) in [5.74, 6) is -0.173. The van der Waals surface area contributed by atoms with Gasteiger partial charge in [-0.1, -0.05) is 22.9 Å². The monoisotopic (exact) mass is 325 g/mol. The normalized spacial score (nSPS) is 12.6. The lowest BCUT2D eigenvalue weighted by Gasteiger charge is -2.19. The van der Waals surface area contributed by atoms with E-state index in [0.717, 1.165) is 16.7 Å². The van der Waals surface area contributed by atoms with Gasteiger partial charge in [-0.25, -0.2) is 9.37 Å². The van der Waals surface area contributed by atoms with Crippen LogP contribution in [0.25, 0.3) is 0 Å². The van der Waals surface area contributed by atoms with Crippen LogP contribution in [0, 0.1) is 5.82 Å². The van der Waals surface area contributed by atoms with Gasteiger partial charge in [0.25, 0.3) is 0 Å². The first-order valence-corrected chi connectivity index (χ1v) is 7.04. The third-order valence-corrected chi connectivity index (χ3v) is 3.59. The molecule has 0 radical (unpaired) electrons. The molecule has 1 N–H and O–H groups in total. The van der Waals surface area contributed by atoms with Crippen molar-refractivity contribution in [2.75, 3.05) is 6.54 Å². The number of benzene rings is 1. The fourth-order valence-corrected chi connectivity index (χ4v) is 2.56. The molecule has 1 aromatic heterocycles. The zero-order chi connectivity index (χ0) is 13.8. The second-order valence-electron chi connectivity index (χ2n) is 4.48. The van der Waals surface area contributed by atoms with Crippen molar-refractivity contribution in [1.82, 2.24) is 14.9 Å². The molecule has 0 saturated heterocycles. The van der Waals surface area contributed by atoms with Crippen LogP contribution in [-0.2, 0) is 13.5 Å². The molecule has 0 aliphatic heterocycles. The maximum Gasteiger partial charge on any atom is 0.126 e. The van der Waals surface area contributed by atoms with Crippen LogP contribution in [0.3, 0.4) is 0 Å². The Morgan fingerprint density at radius 1 is 1.47 bits per heavy atom. The molecule has 5 heteroatoms. The first-order valence-electron chi connectivity index (χ1n) is 6.25. The highest BCUT2D eigenvalue weighted by molar-refractivity contribution is 9.10. The minimum absolute atomic E-state index is 0.0568. The second-order valence-corrected chi connectivity index (χ2v) is 5.40. The van der Waals surface area contributed by atoms with Crippen molar-refractivity contribution in [2.45, 2.75) is 19.4 Å². The van der Waals surface area contributed by atoms with Crippen molar-refractivity contribution in [3.05, 3.63) is 52.3 Å². The van der Waals surface area contributed by atoms with Crippen molar-refractivity contribution >= 4 is 15.9 Å². The summed E-state index contributed by atoms with van der Waals surface area (Å²) in [4.78, 5) is 4.13. The van der Waals surface area contributed by atoms with Crippen LogP contribution in [-0.4, -0.2) is 16.1 Å². The van der Waals surface area contributed by atoms with Gasteiger partial charge in [0.05, 0.1) is 18.1 Å². The number of hydrogen-bond donors (Lipinski definition) is 1. The molecule has 2 rings (SSSR count). The summed E-state index contributed by atoms with van der Waals surface area (Å²) in [6.45, 7) is 2.87. The summed E-state index contributed by atoms with van der Waals surface area (Å²) in [7, 11) is 1.95. The van der Waals surface area contributed by atoms with E-state index in [2.05, 4.69) is 26.2 Å². The van der Waals surface area contributed by atoms with Crippen molar-refractivity contribution in [3.63, 3.8) is 0 Å². The SMILES string of the molecule is CCNC(Cc1cc(Br)ccc1F)c1cncn1C. The fraction of sp³-hybridized carbons (Fsp3) is 0.357. The Labute approximate surface area is 121 Å². The number of nitrogens with zero attached hydrogens (tertiary/aromatic N) is 2. The minimum Gasteiger partial charge on any atom is -0.336 e. The number of halogens is 2. The Kier molecular flexibility index (Phi) is 4.71. The van der Waals surface area contributed by atoms with Crippen molar-refractivity contribution < 1.29 is 4.39 Å². The number of aromatic nitrogens is 2. The predicted molar refractivity (Wildman–Crippen MR) is 77.4 cm³/mol. The Morgan fingerprint density at radius 2 is 2.26 bits per heavy atom. The van der Waals surface area contributed by atoms with Crippen LogP contribution >= 0.6 is 15.9 Å². The highest BCUT2D eigenvalue weighted by atomic mass is 79.9. The highest BCUT2D eigenvalue weighted by Crippen LogP contribution is 2.22. The molecule has 19 heavy (non-hydrogen) atoms. The summed E-state index contributed by atoms with van der Waals surface area (Å²) >= 11 is 3.38. The number of likely N-dealkylation sites (N-methyl/N-ethyl adjacent to an activating group) is 1. The molecular formula is C14H17BrFN3. The van der Waals surface area contributed by atoms with Gasteiger partial charge in [0.1, 0.15) is 5.82 Å². The first-order chi connectivity index (χ1) is 9.11. The maximum absolute atomic E-state index is 13.8. The van der Waals surface area contributed by atoms with E-state index in [1.807, 2.05) is 30.8 Å². The fourth-order valence-electron chi connectivity index (χ4n) is 2.15. The van der Waals surface area contributed by atoms with Gasteiger partial charge in [0, 0.05) is 17.7 Å². The quantitative estimate of drug-likeness (QED) is 0.914. The van der Waals surface area contributed by atoms with Gasteiger partial charge in [-0.05, 0) is 36.7 Å². The molecule has 2 aromatic rings. The number of aryl methyl sites for hydroxylation is 1. The van der Waals surface area contributed by atoms with Gasteiger partial charge in [0.2, 0.25) is 0 Å². The highest BCUT2D eigenvalue weighted by Gasteiger charge is 2.16. The van der Waals surface area contributed by atoms with Gasteiger partial charge in [-0.15, -0.1) is 0 Å². The zero-order valence-electron chi connectivity index (χ0n) is 11.0. The van der Waals surface area contributed by atoms with Gasteiger partial charge in [-0.3, -0.25) is 0 Å². The van der Waals surface area contributed by atoms with Crippen molar-refractivity contribution in [2.24, 2.45) is 7.05 Å². The zero-order valence-corrected chi connectivity index (χ0v) is 12.6. The van der Waals surface area contributed by atoms with E-state index in [9.17, 15) is 4.39 Å². The van der Waals surface area contributed by atoms with Gasteiger partial charge in [0.15, 0.2) is 0 Å². The number of rotatable bonds is 5. The maximum atomic E-state index is 13.8. The van der Waals surface area contributed by atoms with Gasteiger partial charge >= 0.3 is 0 Å². The van der Waals surface area contributed by atoms with Crippen LogP contribution in [0.4, 0.5) is 4.39 Å². The standard InChI is InChI=1S/C14H17BrFN3/c1-3-18-13(14-8-17-9-19(14)2)7-10-6-11(15)4-5-12(10)16/h4-6,8-9,13,18H,3,7H2,1-2H3. The largest absolute Gasteiger partial charge is 0.336 e. The number of imidazole rings is 1. The molecule has 3 nitrogen and oxygen atoms in total. The average Bonchev–Trinajstić information content (AvgIpc) is 2.79. The third-order valence-electron chi connectivity index (χ3n) is 3.09. The summed E-state index contributed by atoms with van der Waals surface area (Å²) < 4.78 is 16.7. The third kappa shape index (κ3) is 3.42. The molecule has 1 unspecified atom stereocenters. The summed E-state index contributed by atoms with van der Waals surface area (Å²) in [5.41, 5.74) is 1.75. The van der Waals surface area contributed by atoms with E-state index in [-0.39, 0.29) is 11.9 Å². The summed E-state index contributed by atoms with van der Waals surface area (Å²) in [6, 6.07) is 5.09. The molecule has 102 valence electrons. The molecule has 0 amide bonds. The molecule has 0 fully saturated rings. The van der Waals surface area contributed by atoms with Crippen molar-refractivity contribution in [3.8, 4) is 0 Å². The van der Waals surface area contributed by atoms with E-state index in [1.54, 1.807) is 12.4 Å². The van der Waals surface area contributed by atoms with Crippen LogP contribution in [0.2, 0.25) is 0 Å². The molecule has 0 spiro atoms. The summed E-state index contributed by atoms with van der Waals surface area (Å²) in [6.07, 6.45) is 4.18. The number of hydrogen-bond acceptors (Lipinski definition) is 2. The molecule has 0 bridgehead atoms. The molecule has 0 saturated carbocycles. The van der Waals surface area contributed by atoms with E-state index in [1.165, 1.54) is 6.07 Å². The molecule has 0 aliphatic carbocycles. The Hall–Kier alpha value is -1.20. The Balaban J connectivity index is 2.26. The molecule has 0 aliphatic rings. The van der Waals surface area contributed by atoms with Crippen molar-refractivity contribution in [1.29, 1.82) is 0 Å². The summed E-state index contributed by atoms with van der Waals surface area (Å²) in [5, 5.41) is 3.38. The second kappa shape index (κ2) is 6.30. The molecule has 1 aromatic carbocycles. The minimum atomic E-state index is -0.173. The van der Waals surface area contributed by atoms with E-state index in [4.69, 9.17) is 0 Å². The van der Waals surface area contributed by atoms with E-state index >= 15 is 0 Å². The predicted octanol–water partition coefficient (Wildman–Crippen LogP) is 3.22. The molecular weight excluding hydrogens is 309 g/mol. The first kappa shape index (κ1) is 14.2. The van der Waals surface area contributed by atoms with Crippen LogP contribution in [0.5, 0.6) is 0 Å². The smallest absolute Gasteiger partial charge is 0.126 e. The Bertz CT molecular complexity index is 553. The van der Waals surface area contributed by atoms with E-state index < -0.39 is 0 Å². The van der Waals surface area contributed by atoms with E-state index in [0.29, 0.717) is 12.0 Å². The van der Waals surface area contributed by atoms with Crippen LogP contribution in [0.1, 0.15) is 24.2 Å². The van der Waals surface area contributed by atoms with Gasteiger partial charge in [-0.2, -0.15) is 0 Å². The Morgan fingerprint density at radius 3 is 2.89 bits per heavy atom. The lowest BCUT2D eigenvalue weighted by molar-refractivity contribution is 0.505.